The van der Waals surface area contributed by atoms with Crippen molar-refractivity contribution in [1.29, 1.82) is 0 Å². The summed E-state index contributed by atoms with van der Waals surface area (Å²) in [5, 5.41) is 22.5. The molecule has 55 heavy (non-hydrogen) atoms. The molecule has 0 saturated heterocycles. The molecule has 0 bridgehead atoms. The van der Waals surface area contributed by atoms with Gasteiger partial charge in [-0.15, -0.1) is 0 Å². The number of rotatable bonds is 40. The number of aliphatic carboxylic acids is 1. The molecule has 0 heterocycles. The van der Waals surface area contributed by atoms with Gasteiger partial charge in [-0.1, -0.05) is 153 Å². The molecular weight excluding hydrogens is 693 g/mol. The van der Waals surface area contributed by atoms with Gasteiger partial charge in [0.05, 0.1) is 13.2 Å². The lowest BCUT2D eigenvalue weighted by atomic mass is 10.0. The van der Waals surface area contributed by atoms with Crippen LogP contribution >= 0.6 is 0 Å². The minimum absolute atomic E-state index is 0.117. The second-order valence-electron chi connectivity index (χ2n) is 15.1. The molecule has 0 aliphatic heterocycles. The number of aliphatic hydroxyl groups excluding tert-OH is 1. The van der Waals surface area contributed by atoms with E-state index in [1.807, 2.05) is 6.08 Å². The minimum Gasteiger partial charge on any atom is -0.480 e. The molecule has 0 aliphatic rings. The van der Waals surface area contributed by atoms with Crippen LogP contribution in [0.4, 0.5) is 0 Å². The van der Waals surface area contributed by atoms with Crippen molar-refractivity contribution < 1.29 is 34.1 Å². The summed E-state index contributed by atoms with van der Waals surface area (Å²) >= 11 is 0. The Labute approximate surface area is 336 Å². The number of carboxylic acids is 1. The van der Waals surface area contributed by atoms with Crippen LogP contribution < -0.4 is 10.6 Å². The summed E-state index contributed by atoms with van der Waals surface area (Å²) in [5.74, 6) is -2.40. The number of allylic oxidation sites excluding steroid dienone is 5. The number of nitrogens with one attached hydrogen (secondary N) is 2. The van der Waals surface area contributed by atoms with E-state index in [2.05, 4.69) is 54.9 Å². The Hall–Kier alpha value is -2.94. The van der Waals surface area contributed by atoms with Gasteiger partial charge in [0.25, 0.3) is 0 Å². The monoisotopic (exact) mass is 775 g/mol. The Balaban J connectivity index is 3.97. The second-order valence-corrected chi connectivity index (χ2v) is 15.1. The van der Waals surface area contributed by atoms with Crippen LogP contribution in [0.25, 0.3) is 0 Å². The van der Waals surface area contributed by atoms with Crippen LogP contribution in [-0.2, 0) is 23.9 Å². The summed E-state index contributed by atoms with van der Waals surface area (Å²) in [6.45, 7) is 3.39. The number of amides is 2. The maximum atomic E-state index is 12.7. The first-order valence-corrected chi connectivity index (χ1v) is 22.4. The third-order valence-electron chi connectivity index (χ3n) is 9.84. The molecule has 2 atom stereocenters. The van der Waals surface area contributed by atoms with Gasteiger partial charge in [0.2, 0.25) is 11.8 Å². The normalized spacial score (nSPS) is 12.8. The molecule has 0 aromatic rings. The molecule has 0 fully saturated rings. The lowest BCUT2D eigenvalue weighted by Gasteiger charge is -2.15. The number of unbranched alkanes of at least 4 members (excludes halogenated alkanes) is 22. The predicted molar refractivity (Wildman–Crippen MR) is 227 cm³/mol. The minimum atomic E-state index is -1.39. The Morgan fingerprint density at radius 1 is 0.564 bits per heavy atom. The number of hydrogen-bond acceptors (Lipinski definition) is 6. The first-order valence-electron chi connectivity index (χ1n) is 22.4. The zero-order valence-electron chi connectivity index (χ0n) is 35.2. The molecule has 0 aromatic carbocycles. The molecule has 4 N–H and O–H groups in total. The highest BCUT2D eigenvalue weighted by Gasteiger charge is 2.18. The quantitative estimate of drug-likeness (QED) is 0.0276. The second kappa shape index (κ2) is 40.7. The fraction of sp³-hybridized carbons (Fsp3) is 0.783. The van der Waals surface area contributed by atoms with Crippen molar-refractivity contribution in [2.24, 2.45) is 0 Å². The Bertz CT molecular complexity index is 1030. The summed E-state index contributed by atoms with van der Waals surface area (Å²) in [4.78, 5) is 47.4. The third kappa shape index (κ3) is 37.7. The smallest absolute Gasteiger partial charge is 0.328 e. The van der Waals surface area contributed by atoms with Gasteiger partial charge in [-0.2, -0.15) is 0 Å². The summed E-state index contributed by atoms with van der Waals surface area (Å²) in [7, 11) is 0. The maximum Gasteiger partial charge on any atom is 0.328 e. The van der Waals surface area contributed by atoms with Gasteiger partial charge in [-0.3, -0.25) is 14.4 Å². The average Bonchev–Trinajstić information content (AvgIpc) is 3.17. The number of aliphatic hydroxyl groups is 1. The Kier molecular flexibility index (Phi) is 38.5. The van der Waals surface area contributed by atoms with E-state index < -0.39 is 24.5 Å². The SMILES string of the molecule is CCCCC/C=C\C(CCCCCCC(=O)NCC(=O)NC(CO)C(=O)O)OC(=O)CCCCCCCCCCCCC/C=C\C/C=C\CCCCCCC. The fourth-order valence-corrected chi connectivity index (χ4v) is 6.36. The van der Waals surface area contributed by atoms with E-state index in [1.54, 1.807) is 0 Å². The first kappa shape index (κ1) is 52.1. The number of carbonyl (C=O) groups is 4. The van der Waals surface area contributed by atoms with Gasteiger partial charge >= 0.3 is 11.9 Å². The molecule has 0 rings (SSSR count). The average molecular weight is 775 g/mol. The Morgan fingerprint density at radius 3 is 1.60 bits per heavy atom. The summed E-state index contributed by atoms with van der Waals surface area (Å²) in [6.07, 6.45) is 46.5. The van der Waals surface area contributed by atoms with Gasteiger partial charge in [0.15, 0.2) is 0 Å². The number of carboxylic acid groups (broad SMARTS) is 1. The van der Waals surface area contributed by atoms with E-state index >= 15 is 0 Å². The first-order chi connectivity index (χ1) is 26.8. The highest BCUT2D eigenvalue weighted by molar-refractivity contribution is 5.87. The van der Waals surface area contributed by atoms with Gasteiger partial charge in [-0.05, 0) is 76.7 Å². The molecule has 0 saturated carbocycles. The van der Waals surface area contributed by atoms with Gasteiger partial charge in [0.1, 0.15) is 12.1 Å². The van der Waals surface area contributed by atoms with Crippen molar-refractivity contribution in [3.8, 4) is 0 Å². The van der Waals surface area contributed by atoms with Crippen molar-refractivity contribution in [2.75, 3.05) is 13.2 Å². The molecule has 0 radical (unpaired) electrons. The third-order valence-corrected chi connectivity index (χ3v) is 9.84. The molecule has 9 nitrogen and oxygen atoms in total. The van der Waals surface area contributed by atoms with Crippen LogP contribution in [0.5, 0.6) is 0 Å². The largest absolute Gasteiger partial charge is 0.480 e. The van der Waals surface area contributed by atoms with Crippen LogP contribution in [0.1, 0.15) is 206 Å². The zero-order valence-corrected chi connectivity index (χ0v) is 35.2. The highest BCUT2D eigenvalue weighted by Crippen LogP contribution is 2.16. The van der Waals surface area contributed by atoms with E-state index in [9.17, 15) is 19.2 Å². The van der Waals surface area contributed by atoms with Gasteiger partial charge in [0, 0.05) is 12.8 Å². The lowest BCUT2D eigenvalue weighted by molar-refractivity contribution is -0.147. The number of ether oxygens (including phenoxy) is 1. The van der Waals surface area contributed by atoms with Crippen LogP contribution in [0, 0.1) is 0 Å². The molecule has 0 spiro atoms. The van der Waals surface area contributed by atoms with E-state index in [1.165, 1.54) is 116 Å². The van der Waals surface area contributed by atoms with E-state index in [4.69, 9.17) is 14.9 Å². The molecular formula is C46H82N2O7. The molecule has 2 unspecified atom stereocenters. The van der Waals surface area contributed by atoms with Crippen molar-refractivity contribution in [2.45, 2.75) is 219 Å². The van der Waals surface area contributed by atoms with Crippen molar-refractivity contribution >= 4 is 23.8 Å². The topological polar surface area (TPSA) is 142 Å². The number of hydrogen-bond donors (Lipinski definition) is 4. The van der Waals surface area contributed by atoms with Crippen LogP contribution in [0.2, 0.25) is 0 Å². The molecule has 0 aromatic heterocycles. The summed E-state index contributed by atoms with van der Waals surface area (Å²) in [6, 6.07) is -1.39. The number of carbonyl (C=O) groups excluding carboxylic acids is 3. The van der Waals surface area contributed by atoms with E-state index in [0.717, 1.165) is 57.8 Å². The van der Waals surface area contributed by atoms with Gasteiger partial charge in [-0.25, -0.2) is 4.79 Å². The maximum absolute atomic E-state index is 12.7. The van der Waals surface area contributed by atoms with Crippen LogP contribution in [0.15, 0.2) is 36.5 Å². The molecule has 318 valence electrons. The zero-order chi connectivity index (χ0) is 40.5. The van der Waals surface area contributed by atoms with Crippen molar-refractivity contribution in [1.82, 2.24) is 10.6 Å². The summed E-state index contributed by atoms with van der Waals surface area (Å²) < 4.78 is 5.87. The van der Waals surface area contributed by atoms with Gasteiger partial charge < -0.3 is 25.6 Å². The summed E-state index contributed by atoms with van der Waals surface area (Å²) in [5.41, 5.74) is 0. The highest BCUT2D eigenvalue weighted by atomic mass is 16.5. The van der Waals surface area contributed by atoms with Crippen molar-refractivity contribution in [3.05, 3.63) is 36.5 Å². The lowest BCUT2D eigenvalue weighted by Crippen LogP contribution is -2.47. The van der Waals surface area contributed by atoms with E-state index in [-0.39, 0.29) is 30.9 Å². The van der Waals surface area contributed by atoms with E-state index in [0.29, 0.717) is 12.8 Å². The van der Waals surface area contributed by atoms with Crippen molar-refractivity contribution in [3.63, 3.8) is 0 Å². The molecule has 9 heteroatoms. The van der Waals surface area contributed by atoms with Crippen LogP contribution in [-0.4, -0.2) is 59.3 Å². The molecule has 2 amide bonds. The predicted octanol–water partition coefficient (Wildman–Crippen LogP) is 11.0. The fourth-order valence-electron chi connectivity index (χ4n) is 6.36. The number of esters is 1. The Morgan fingerprint density at radius 2 is 1.04 bits per heavy atom. The standard InChI is InChI=1S/C46H82N2O7/c1-3-5-7-9-10-11-12-13-14-15-16-17-18-19-20-21-22-23-24-25-26-28-34-38-45(52)55-41(35-31-27-8-6-4-2)36-32-29-30-33-37-43(50)47-39-44(51)48-42(40-49)46(53)54/h12-13,15-16,31,35,41-42,49H,3-11,14,17-30,32-34,36-40H2,1-2H3,(H,47,50)(H,48,51)(H,53,54)/b13-12-,16-15-,35-31-. The molecule has 0 aliphatic carbocycles. The van der Waals surface area contributed by atoms with Crippen LogP contribution in [0.3, 0.4) is 0 Å².